The normalized spacial score (nSPS) is 25.3. The van der Waals surface area contributed by atoms with Crippen molar-refractivity contribution in [1.82, 2.24) is 14.8 Å². The van der Waals surface area contributed by atoms with Crippen molar-refractivity contribution in [3.8, 4) is 5.75 Å². The van der Waals surface area contributed by atoms with E-state index in [0.717, 1.165) is 29.6 Å². The molecule has 5 rings (SSSR count). The third-order valence-corrected chi connectivity index (χ3v) is 7.96. The van der Waals surface area contributed by atoms with Crippen molar-refractivity contribution in [2.75, 3.05) is 26.0 Å². The van der Waals surface area contributed by atoms with Gasteiger partial charge in [0, 0.05) is 24.6 Å². The van der Waals surface area contributed by atoms with Gasteiger partial charge in [-0.15, -0.1) is 0 Å². The molecular formula is C23H25FN4O2S. The van der Waals surface area contributed by atoms with Gasteiger partial charge in [-0.3, -0.25) is 5.32 Å². The number of thiazole rings is 1. The average Bonchev–Trinajstić information content (AvgIpc) is 3.12. The molecule has 3 aromatic rings. The maximum absolute atomic E-state index is 13.5. The fraction of sp³-hybridized carbons (Fsp3) is 0.391. The monoisotopic (exact) mass is 440 g/mol. The van der Waals surface area contributed by atoms with Crippen molar-refractivity contribution in [1.29, 1.82) is 0 Å². The second kappa shape index (κ2) is 7.17. The minimum absolute atomic E-state index is 0.0626. The van der Waals surface area contributed by atoms with Crippen LogP contribution in [0.15, 0.2) is 36.4 Å². The number of halogens is 1. The lowest BCUT2D eigenvalue weighted by molar-refractivity contribution is 0.0213. The zero-order valence-corrected chi connectivity index (χ0v) is 18.5. The number of anilines is 1. The smallest absolute Gasteiger partial charge is 0.323 e. The first-order valence-electron chi connectivity index (χ1n) is 10.4. The summed E-state index contributed by atoms with van der Waals surface area (Å²) in [4.78, 5) is 21.7. The van der Waals surface area contributed by atoms with Gasteiger partial charge in [0.2, 0.25) is 0 Å². The number of likely N-dealkylation sites (tertiary alicyclic amines) is 1. The molecule has 2 amide bonds. The first kappa shape index (κ1) is 20.2. The van der Waals surface area contributed by atoms with E-state index in [1.807, 2.05) is 19.2 Å². The van der Waals surface area contributed by atoms with E-state index in [1.54, 1.807) is 17.0 Å². The molecule has 0 unspecified atom stereocenters. The number of fused-ring (bicyclic) bond motifs is 5. The fourth-order valence-electron chi connectivity index (χ4n) is 5.39. The number of hydrogen-bond acceptors (Lipinski definition) is 5. The molecule has 6 nitrogen and oxygen atoms in total. The Morgan fingerprint density at radius 3 is 2.97 bits per heavy atom. The highest BCUT2D eigenvalue weighted by Gasteiger charge is 2.52. The number of carbonyl (C=O) groups is 1. The average molecular weight is 441 g/mol. The standard InChI is InChI=1S/C23H25FN4O2S/c1-23-8-9-27(2)18(10-13-4-6-15(29)12-16(13)23)20(23)28(3)22(30)26-21-25-17-11-14(24)5-7-19(17)31-21/h4-7,11-12,18,20,29H,8-10H2,1-3H3,(H,25,26,30)/t18-,20+,23+/m1/s1. The largest absolute Gasteiger partial charge is 0.508 e. The van der Waals surface area contributed by atoms with Crippen LogP contribution in [-0.4, -0.2) is 58.6 Å². The van der Waals surface area contributed by atoms with Crippen LogP contribution < -0.4 is 5.32 Å². The lowest BCUT2D eigenvalue weighted by Gasteiger charge is -2.57. The molecule has 2 heterocycles. The summed E-state index contributed by atoms with van der Waals surface area (Å²) in [6, 6.07) is 9.92. The van der Waals surface area contributed by atoms with Gasteiger partial charge in [-0.25, -0.2) is 14.2 Å². The quantitative estimate of drug-likeness (QED) is 0.627. The van der Waals surface area contributed by atoms with Crippen LogP contribution in [0.2, 0.25) is 0 Å². The Hall–Kier alpha value is -2.71. The summed E-state index contributed by atoms with van der Waals surface area (Å²) >= 11 is 1.33. The van der Waals surface area contributed by atoms with E-state index in [9.17, 15) is 14.3 Å². The zero-order chi connectivity index (χ0) is 21.9. The van der Waals surface area contributed by atoms with E-state index in [-0.39, 0.29) is 35.1 Å². The lowest BCUT2D eigenvalue weighted by atomic mass is 9.61. The lowest BCUT2D eigenvalue weighted by Crippen LogP contribution is -2.67. The van der Waals surface area contributed by atoms with Crippen molar-refractivity contribution in [2.24, 2.45) is 0 Å². The van der Waals surface area contributed by atoms with Crippen LogP contribution in [0.3, 0.4) is 0 Å². The highest BCUT2D eigenvalue weighted by Crippen LogP contribution is 2.47. The predicted molar refractivity (Wildman–Crippen MR) is 120 cm³/mol. The Kier molecular flexibility index (Phi) is 4.67. The molecule has 0 saturated carbocycles. The summed E-state index contributed by atoms with van der Waals surface area (Å²) in [5.74, 6) is -0.0920. The van der Waals surface area contributed by atoms with Crippen molar-refractivity contribution in [3.63, 3.8) is 0 Å². The SMILES string of the molecule is CN1CC[C@@]2(C)c3cc(O)ccc3C[C@@H]1[C@@H]2N(C)C(=O)Nc1nc2cc(F)ccc2s1. The van der Waals surface area contributed by atoms with Crippen LogP contribution >= 0.6 is 11.3 Å². The van der Waals surface area contributed by atoms with Crippen LogP contribution in [-0.2, 0) is 11.8 Å². The molecule has 31 heavy (non-hydrogen) atoms. The van der Waals surface area contributed by atoms with Gasteiger partial charge in [0.1, 0.15) is 11.6 Å². The summed E-state index contributed by atoms with van der Waals surface area (Å²) in [5, 5.41) is 13.5. The Morgan fingerprint density at radius 2 is 2.16 bits per heavy atom. The topological polar surface area (TPSA) is 68.7 Å². The van der Waals surface area contributed by atoms with Crippen LogP contribution in [0.5, 0.6) is 5.75 Å². The summed E-state index contributed by atoms with van der Waals surface area (Å²) in [6.45, 7) is 3.13. The van der Waals surface area contributed by atoms with E-state index < -0.39 is 0 Å². The van der Waals surface area contributed by atoms with E-state index >= 15 is 0 Å². The molecule has 8 heteroatoms. The molecule has 0 spiro atoms. The Labute approximate surface area is 184 Å². The van der Waals surface area contributed by atoms with Crippen molar-refractivity contribution in [2.45, 2.75) is 37.3 Å². The second-order valence-corrected chi connectivity index (χ2v) is 9.91. The minimum Gasteiger partial charge on any atom is -0.508 e. The maximum Gasteiger partial charge on any atom is 0.323 e. The van der Waals surface area contributed by atoms with Crippen LogP contribution in [0, 0.1) is 5.82 Å². The number of aromatic hydroxyl groups is 1. The van der Waals surface area contributed by atoms with Gasteiger partial charge in [0.05, 0.1) is 16.3 Å². The molecule has 2 bridgehead atoms. The summed E-state index contributed by atoms with van der Waals surface area (Å²) in [6.07, 6.45) is 1.71. The third-order valence-electron chi connectivity index (χ3n) is 7.01. The van der Waals surface area contributed by atoms with Gasteiger partial charge in [0.25, 0.3) is 0 Å². The van der Waals surface area contributed by atoms with Gasteiger partial charge < -0.3 is 14.9 Å². The number of urea groups is 1. The van der Waals surface area contributed by atoms with Crippen molar-refractivity contribution >= 4 is 32.7 Å². The van der Waals surface area contributed by atoms with Crippen LogP contribution in [0.25, 0.3) is 10.2 Å². The molecule has 162 valence electrons. The molecule has 1 aromatic heterocycles. The van der Waals surface area contributed by atoms with E-state index in [0.29, 0.717) is 10.6 Å². The molecule has 1 aliphatic heterocycles. The third kappa shape index (κ3) is 3.25. The first-order valence-corrected chi connectivity index (χ1v) is 11.2. The molecular weight excluding hydrogens is 415 g/mol. The molecule has 1 fully saturated rings. The number of amides is 2. The summed E-state index contributed by atoms with van der Waals surface area (Å²) in [5.41, 5.74) is 2.62. The van der Waals surface area contributed by atoms with Crippen molar-refractivity contribution in [3.05, 3.63) is 53.3 Å². The number of carbonyl (C=O) groups excluding carboxylic acids is 1. The van der Waals surface area contributed by atoms with Crippen LogP contribution in [0.4, 0.5) is 14.3 Å². The molecule has 2 N–H and O–H groups in total. The fourth-order valence-corrected chi connectivity index (χ4v) is 6.23. The van der Waals surface area contributed by atoms with Gasteiger partial charge in [-0.05, 0) is 61.8 Å². The summed E-state index contributed by atoms with van der Waals surface area (Å²) in [7, 11) is 3.93. The number of benzene rings is 2. The number of phenolic OH excluding ortho intramolecular Hbond substituents is 1. The molecule has 0 radical (unpaired) electrons. The van der Waals surface area contributed by atoms with Gasteiger partial charge >= 0.3 is 6.03 Å². The number of nitrogens with zero attached hydrogens (tertiary/aromatic N) is 3. The number of hydrogen-bond donors (Lipinski definition) is 2. The van der Waals surface area contributed by atoms with Gasteiger partial charge in [-0.1, -0.05) is 24.3 Å². The molecule has 1 aliphatic carbocycles. The molecule has 3 atom stereocenters. The number of piperidine rings is 1. The highest BCUT2D eigenvalue weighted by atomic mass is 32.1. The summed E-state index contributed by atoms with van der Waals surface area (Å²) < 4.78 is 14.3. The number of nitrogens with one attached hydrogen (secondary N) is 1. The molecule has 1 saturated heterocycles. The number of likely N-dealkylation sites (N-methyl/N-ethyl adjacent to an activating group) is 2. The second-order valence-electron chi connectivity index (χ2n) is 8.88. The molecule has 2 aromatic carbocycles. The molecule has 2 aliphatic rings. The number of phenols is 1. The first-order chi connectivity index (χ1) is 14.8. The minimum atomic E-state index is -0.347. The predicted octanol–water partition coefficient (Wildman–Crippen LogP) is 4.19. The van der Waals surface area contributed by atoms with E-state index in [1.165, 1.54) is 29.0 Å². The Bertz CT molecular complexity index is 1180. The Balaban J connectivity index is 1.46. The van der Waals surface area contributed by atoms with E-state index in [2.05, 4.69) is 29.2 Å². The van der Waals surface area contributed by atoms with Crippen molar-refractivity contribution < 1.29 is 14.3 Å². The zero-order valence-electron chi connectivity index (χ0n) is 17.7. The number of aromatic nitrogens is 1. The van der Waals surface area contributed by atoms with Gasteiger partial charge in [-0.2, -0.15) is 0 Å². The Morgan fingerprint density at radius 1 is 1.35 bits per heavy atom. The highest BCUT2D eigenvalue weighted by molar-refractivity contribution is 7.22. The van der Waals surface area contributed by atoms with E-state index in [4.69, 9.17) is 0 Å². The number of rotatable bonds is 2. The van der Waals surface area contributed by atoms with Crippen LogP contribution in [0.1, 0.15) is 24.5 Å². The van der Waals surface area contributed by atoms with Gasteiger partial charge in [0.15, 0.2) is 5.13 Å². The maximum atomic E-state index is 13.5.